The van der Waals surface area contributed by atoms with Gasteiger partial charge in [-0.05, 0) is 57.8 Å². The summed E-state index contributed by atoms with van der Waals surface area (Å²) < 4.78 is 7.57. The number of benzene rings is 3. The minimum atomic E-state index is 0. The molecule has 4 heterocycles. The number of rotatable bonds is 2. The molecular formula is C35H28IrN2OS-2. The molecular weight excluding hydrogens is 689 g/mol. The van der Waals surface area contributed by atoms with Gasteiger partial charge in [0.25, 0.3) is 0 Å². The van der Waals surface area contributed by atoms with E-state index in [1.165, 1.54) is 21.2 Å². The third-order valence-corrected chi connectivity index (χ3v) is 7.73. The van der Waals surface area contributed by atoms with Gasteiger partial charge in [0.2, 0.25) is 0 Å². The third-order valence-electron chi connectivity index (χ3n) is 6.80. The Hall–Kier alpha value is -3.63. The van der Waals surface area contributed by atoms with Crippen LogP contribution in [0.15, 0.2) is 101 Å². The molecule has 0 saturated carbocycles. The molecule has 5 heteroatoms. The minimum absolute atomic E-state index is 0. The summed E-state index contributed by atoms with van der Waals surface area (Å²) in [6.45, 7) is 8.67. The van der Waals surface area contributed by atoms with Gasteiger partial charge >= 0.3 is 0 Å². The van der Waals surface area contributed by atoms with Gasteiger partial charge in [-0.2, -0.15) is 0 Å². The first-order valence-electron chi connectivity index (χ1n) is 13.0. The van der Waals surface area contributed by atoms with E-state index in [-0.39, 0.29) is 25.5 Å². The Morgan fingerprint density at radius 2 is 1.65 bits per heavy atom. The number of pyridine rings is 2. The van der Waals surface area contributed by atoms with Crippen molar-refractivity contribution in [3.05, 3.63) is 120 Å². The predicted molar refractivity (Wildman–Crippen MR) is 163 cm³/mol. The van der Waals surface area contributed by atoms with Crippen LogP contribution >= 0.6 is 11.3 Å². The molecule has 7 rings (SSSR count). The average molecular weight is 717 g/mol. The minimum Gasteiger partial charge on any atom is -0.499 e. The first-order valence-corrected chi connectivity index (χ1v) is 13.9. The molecule has 0 aliphatic heterocycles. The van der Waals surface area contributed by atoms with Crippen LogP contribution in [-0.2, 0) is 25.5 Å². The van der Waals surface area contributed by atoms with Crippen molar-refractivity contribution in [2.24, 2.45) is 0 Å². The van der Waals surface area contributed by atoms with Crippen LogP contribution in [-0.4, -0.2) is 9.97 Å². The Balaban J connectivity index is 0.000000195. The molecule has 201 valence electrons. The smallest absolute Gasteiger partial charge is 0.138 e. The van der Waals surface area contributed by atoms with Gasteiger partial charge in [0.1, 0.15) is 5.58 Å². The van der Waals surface area contributed by atoms with Gasteiger partial charge in [-0.25, -0.2) is 0 Å². The zero-order valence-corrected chi connectivity index (χ0v) is 26.0. The molecule has 0 N–H and O–H groups in total. The molecule has 0 aliphatic rings. The summed E-state index contributed by atoms with van der Waals surface area (Å²) in [7, 11) is 0. The van der Waals surface area contributed by atoms with E-state index in [2.05, 4.69) is 90.7 Å². The van der Waals surface area contributed by atoms with Crippen LogP contribution in [0, 0.1) is 19.1 Å². The molecule has 3 nitrogen and oxygen atoms in total. The number of thiophene rings is 1. The van der Waals surface area contributed by atoms with Crippen LogP contribution in [0.25, 0.3) is 54.5 Å². The summed E-state index contributed by atoms with van der Waals surface area (Å²) >= 11 is 1.72. The van der Waals surface area contributed by atoms with Crippen molar-refractivity contribution in [2.75, 3.05) is 0 Å². The molecule has 3 aromatic carbocycles. The van der Waals surface area contributed by atoms with Gasteiger partial charge in [-0.15, -0.1) is 65.4 Å². The van der Waals surface area contributed by atoms with Gasteiger partial charge in [-0.3, -0.25) is 0 Å². The molecule has 0 bridgehead atoms. The average Bonchev–Trinajstić information content (AvgIpc) is 3.59. The standard InChI is InChI=1S/C23H18NOS.C12H10N.Ir/c1-23(2,3)15-9-11-24-19(13-15)18-6-4-5-16-17-8-7-14-10-12-26-22(14)21(17)25-20(16)18;1-10-7-8-12(13-9-10)11-5-3-2-4-6-11;/h4-5,7-13H,1-3H3;2-5,7-9H,1H3;/q2*-1;. The maximum absolute atomic E-state index is 6.37. The van der Waals surface area contributed by atoms with Crippen molar-refractivity contribution in [1.29, 1.82) is 0 Å². The van der Waals surface area contributed by atoms with Crippen LogP contribution < -0.4 is 0 Å². The molecule has 7 aromatic rings. The molecule has 0 aliphatic carbocycles. The Morgan fingerprint density at radius 3 is 2.40 bits per heavy atom. The van der Waals surface area contributed by atoms with Crippen LogP contribution in [0.5, 0.6) is 0 Å². The molecule has 4 aromatic heterocycles. The van der Waals surface area contributed by atoms with Gasteiger partial charge < -0.3 is 14.4 Å². The fourth-order valence-corrected chi connectivity index (χ4v) is 5.51. The number of hydrogen-bond acceptors (Lipinski definition) is 4. The molecule has 0 amide bonds. The number of hydrogen-bond donors (Lipinski definition) is 0. The van der Waals surface area contributed by atoms with Gasteiger partial charge in [-0.1, -0.05) is 62.1 Å². The Kier molecular flexibility index (Phi) is 8.00. The number of fused-ring (bicyclic) bond motifs is 5. The topological polar surface area (TPSA) is 38.9 Å². The second kappa shape index (κ2) is 11.5. The third kappa shape index (κ3) is 5.51. The maximum Gasteiger partial charge on any atom is 0.138 e. The predicted octanol–water partition coefficient (Wildman–Crippen LogP) is 9.82. The van der Waals surface area contributed by atoms with E-state index in [1.54, 1.807) is 11.3 Å². The van der Waals surface area contributed by atoms with Crippen LogP contribution in [0.2, 0.25) is 0 Å². The zero-order chi connectivity index (χ0) is 27.0. The first-order chi connectivity index (χ1) is 18.9. The fraction of sp³-hybridized carbons (Fsp3) is 0.143. The number of aryl methyl sites for hydroxylation is 1. The monoisotopic (exact) mass is 717 g/mol. The summed E-state index contributed by atoms with van der Waals surface area (Å²) in [5.41, 5.74) is 8.18. The van der Waals surface area contributed by atoms with Crippen molar-refractivity contribution >= 4 is 43.4 Å². The second-order valence-electron chi connectivity index (χ2n) is 10.7. The van der Waals surface area contributed by atoms with Crippen molar-refractivity contribution in [3.8, 4) is 22.5 Å². The quantitative estimate of drug-likeness (QED) is 0.167. The number of furan rings is 1. The van der Waals surface area contributed by atoms with Crippen LogP contribution in [0.3, 0.4) is 0 Å². The summed E-state index contributed by atoms with van der Waals surface area (Å²) in [6, 6.07) is 33.2. The second-order valence-corrected chi connectivity index (χ2v) is 11.6. The SMILES string of the molecule is CC(C)(C)c1ccnc(-c2[c-]ccc3c2oc2c3ccc3ccsc32)c1.Cc1ccc(-c2[c-]cccc2)nc1.[Ir]. The van der Waals surface area contributed by atoms with Crippen molar-refractivity contribution in [1.82, 2.24) is 9.97 Å². The van der Waals surface area contributed by atoms with E-state index in [1.807, 2.05) is 55.7 Å². The molecule has 0 fully saturated rings. The first kappa shape index (κ1) is 27.9. The van der Waals surface area contributed by atoms with Gasteiger partial charge in [0, 0.05) is 37.9 Å². The molecule has 40 heavy (non-hydrogen) atoms. The summed E-state index contributed by atoms with van der Waals surface area (Å²) in [6.07, 6.45) is 3.75. The van der Waals surface area contributed by atoms with E-state index >= 15 is 0 Å². The zero-order valence-electron chi connectivity index (χ0n) is 22.8. The van der Waals surface area contributed by atoms with Gasteiger partial charge in [0.15, 0.2) is 0 Å². The van der Waals surface area contributed by atoms with Crippen molar-refractivity contribution in [2.45, 2.75) is 33.1 Å². The number of nitrogens with zero attached hydrogens (tertiary/aromatic N) is 2. The normalized spacial score (nSPS) is 11.3. The Morgan fingerprint density at radius 1 is 0.800 bits per heavy atom. The van der Waals surface area contributed by atoms with Crippen LogP contribution in [0.1, 0.15) is 31.9 Å². The van der Waals surface area contributed by atoms with Crippen molar-refractivity contribution < 1.29 is 24.5 Å². The molecule has 1 radical (unpaired) electrons. The molecule has 0 unspecified atom stereocenters. The van der Waals surface area contributed by atoms with Gasteiger partial charge in [0.05, 0.1) is 10.3 Å². The van der Waals surface area contributed by atoms with E-state index in [4.69, 9.17) is 4.42 Å². The Labute approximate surface area is 252 Å². The summed E-state index contributed by atoms with van der Waals surface area (Å²) in [4.78, 5) is 8.92. The van der Waals surface area contributed by atoms with E-state index in [0.29, 0.717) is 0 Å². The summed E-state index contributed by atoms with van der Waals surface area (Å²) in [5, 5.41) is 5.60. The van der Waals surface area contributed by atoms with E-state index in [0.717, 1.165) is 44.5 Å². The van der Waals surface area contributed by atoms with Crippen LogP contribution in [0.4, 0.5) is 0 Å². The van der Waals surface area contributed by atoms with Crippen molar-refractivity contribution in [3.63, 3.8) is 0 Å². The molecule has 0 saturated heterocycles. The number of aromatic nitrogens is 2. The maximum atomic E-state index is 6.37. The molecule has 0 atom stereocenters. The largest absolute Gasteiger partial charge is 0.499 e. The van der Waals surface area contributed by atoms with E-state index in [9.17, 15) is 0 Å². The molecule has 0 spiro atoms. The van der Waals surface area contributed by atoms with E-state index < -0.39 is 0 Å². The Bertz CT molecular complexity index is 1900. The summed E-state index contributed by atoms with van der Waals surface area (Å²) in [5.74, 6) is 0. The fourth-order valence-electron chi connectivity index (χ4n) is 4.63.